The van der Waals surface area contributed by atoms with E-state index in [9.17, 15) is 9.18 Å². The van der Waals surface area contributed by atoms with Gasteiger partial charge in [0, 0.05) is 29.6 Å². The zero-order chi connectivity index (χ0) is 23.9. The Kier molecular flexibility index (Phi) is 7.29. The second-order valence-electron chi connectivity index (χ2n) is 7.67. The number of esters is 1. The van der Waals surface area contributed by atoms with E-state index in [0.717, 1.165) is 17.5 Å². The average Bonchev–Trinajstić information content (AvgIpc) is 2.86. The summed E-state index contributed by atoms with van der Waals surface area (Å²) in [6.45, 7) is 0.172. The maximum atomic E-state index is 14.0. The van der Waals surface area contributed by atoms with Crippen LogP contribution in [0.5, 0.6) is 11.6 Å². The van der Waals surface area contributed by atoms with Crippen LogP contribution in [0.3, 0.4) is 0 Å². The van der Waals surface area contributed by atoms with Gasteiger partial charge in [0.15, 0.2) is 0 Å². The Bertz CT molecular complexity index is 1280. The largest absolute Gasteiger partial charge is 0.491 e. The molecule has 8 heteroatoms. The van der Waals surface area contributed by atoms with E-state index in [0.29, 0.717) is 23.2 Å². The third-order valence-electron chi connectivity index (χ3n) is 5.12. The van der Waals surface area contributed by atoms with Gasteiger partial charge in [-0.2, -0.15) is 0 Å². The van der Waals surface area contributed by atoms with Gasteiger partial charge in [0.05, 0.1) is 18.8 Å². The minimum absolute atomic E-state index is 0.0687. The minimum Gasteiger partial charge on any atom is -0.491 e. The lowest BCUT2D eigenvalue weighted by atomic mass is 10.1. The molecule has 1 atom stereocenters. The summed E-state index contributed by atoms with van der Waals surface area (Å²) in [5.41, 5.74) is 8.38. The van der Waals surface area contributed by atoms with Gasteiger partial charge in [-0.25, -0.2) is 14.2 Å². The number of benzene rings is 2. The van der Waals surface area contributed by atoms with Crippen molar-refractivity contribution in [3.63, 3.8) is 0 Å². The molecular formula is C26H24FN3O4. The molecule has 2 N–H and O–H groups in total. The standard InChI is InChI=1S/C26H24FN3O4/c1-32-24-9-5-8-20(30-24)13-19(28)16-33-23-11-10-22-21(12-18(27)14-29-22)25(23)26(31)34-15-17-6-3-2-4-7-17/h2-12,14,19H,13,15-16,28H2,1H3/t19-/m1/s1. The molecule has 2 heterocycles. The van der Waals surface area contributed by atoms with E-state index in [2.05, 4.69) is 9.97 Å². The maximum absolute atomic E-state index is 14.0. The van der Waals surface area contributed by atoms with Crippen LogP contribution in [0.1, 0.15) is 21.6 Å². The lowest BCUT2D eigenvalue weighted by Crippen LogP contribution is -2.31. The first-order valence-electron chi connectivity index (χ1n) is 10.7. The van der Waals surface area contributed by atoms with Crippen LogP contribution in [0.25, 0.3) is 10.9 Å². The van der Waals surface area contributed by atoms with Crippen molar-refractivity contribution >= 4 is 16.9 Å². The van der Waals surface area contributed by atoms with Crippen LogP contribution in [0.2, 0.25) is 0 Å². The zero-order valence-electron chi connectivity index (χ0n) is 18.6. The van der Waals surface area contributed by atoms with Crippen LogP contribution in [0.15, 0.2) is 72.9 Å². The second kappa shape index (κ2) is 10.7. The molecule has 0 saturated carbocycles. The van der Waals surface area contributed by atoms with Crippen molar-refractivity contribution in [2.24, 2.45) is 5.73 Å². The Morgan fingerprint density at radius 2 is 1.91 bits per heavy atom. The fraction of sp³-hybridized carbons (Fsp3) is 0.192. The highest BCUT2D eigenvalue weighted by Gasteiger charge is 2.21. The summed E-state index contributed by atoms with van der Waals surface area (Å²) in [6.07, 6.45) is 1.54. The van der Waals surface area contributed by atoms with Crippen molar-refractivity contribution in [2.45, 2.75) is 19.1 Å². The Morgan fingerprint density at radius 3 is 2.71 bits per heavy atom. The molecule has 0 aliphatic rings. The molecule has 0 fully saturated rings. The number of ether oxygens (including phenoxy) is 3. The highest BCUT2D eigenvalue weighted by molar-refractivity contribution is 6.06. The van der Waals surface area contributed by atoms with Crippen LogP contribution < -0.4 is 15.2 Å². The van der Waals surface area contributed by atoms with Crippen molar-refractivity contribution in [2.75, 3.05) is 13.7 Å². The smallest absolute Gasteiger partial charge is 0.342 e. The number of pyridine rings is 2. The van der Waals surface area contributed by atoms with Gasteiger partial charge in [-0.1, -0.05) is 36.4 Å². The number of nitrogens with two attached hydrogens (primary N) is 1. The first-order chi connectivity index (χ1) is 16.5. The number of fused-ring (bicyclic) bond motifs is 1. The molecule has 0 aliphatic carbocycles. The number of hydrogen-bond donors (Lipinski definition) is 1. The summed E-state index contributed by atoms with van der Waals surface area (Å²) in [4.78, 5) is 21.5. The van der Waals surface area contributed by atoms with E-state index in [1.165, 1.54) is 6.07 Å². The average molecular weight is 461 g/mol. The van der Waals surface area contributed by atoms with Crippen LogP contribution in [0.4, 0.5) is 4.39 Å². The van der Waals surface area contributed by atoms with Crippen molar-refractivity contribution < 1.29 is 23.4 Å². The van der Waals surface area contributed by atoms with Gasteiger partial charge in [0.25, 0.3) is 0 Å². The molecule has 0 saturated heterocycles. The molecule has 0 bridgehead atoms. The summed E-state index contributed by atoms with van der Waals surface area (Å²) in [5.74, 6) is -0.465. The molecular weight excluding hydrogens is 437 g/mol. The Morgan fingerprint density at radius 1 is 1.09 bits per heavy atom. The van der Waals surface area contributed by atoms with Crippen LogP contribution in [-0.4, -0.2) is 35.7 Å². The van der Waals surface area contributed by atoms with E-state index in [1.54, 1.807) is 25.3 Å². The predicted molar refractivity (Wildman–Crippen MR) is 125 cm³/mol. The fourth-order valence-corrected chi connectivity index (χ4v) is 3.49. The molecule has 0 spiro atoms. The Hall–Kier alpha value is -4.04. The highest BCUT2D eigenvalue weighted by Crippen LogP contribution is 2.29. The molecule has 2 aromatic heterocycles. The SMILES string of the molecule is COc1cccc(C[C@@H](N)COc2ccc3ncc(F)cc3c2C(=O)OCc2ccccc2)n1. The Labute approximate surface area is 196 Å². The zero-order valence-corrected chi connectivity index (χ0v) is 18.6. The van der Waals surface area contributed by atoms with Gasteiger partial charge in [-0.15, -0.1) is 0 Å². The molecule has 4 rings (SSSR count). The molecule has 4 aromatic rings. The van der Waals surface area contributed by atoms with Crippen LogP contribution >= 0.6 is 0 Å². The normalized spacial score (nSPS) is 11.7. The molecule has 0 unspecified atom stereocenters. The first-order valence-corrected chi connectivity index (χ1v) is 10.7. The van der Waals surface area contributed by atoms with Crippen molar-refractivity contribution in [3.8, 4) is 11.6 Å². The number of aromatic nitrogens is 2. The van der Waals surface area contributed by atoms with Crippen LogP contribution in [-0.2, 0) is 17.8 Å². The van der Waals surface area contributed by atoms with Crippen LogP contribution in [0, 0.1) is 5.82 Å². The quantitative estimate of drug-likeness (QED) is 0.375. The highest BCUT2D eigenvalue weighted by atomic mass is 19.1. The number of rotatable bonds is 9. The fourth-order valence-electron chi connectivity index (χ4n) is 3.49. The van der Waals surface area contributed by atoms with Gasteiger partial charge < -0.3 is 19.9 Å². The minimum atomic E-state index is -0.639. The van der Waals surface area contributed by atoms with Crippen molar-refractivity contribution in [3.05, 3.63) is 95.6 Å². The Balaban J connectivity index is 1.54. The molecule has 174 valence electrons. The summed E-state index contributed by atoms with van der Waals surface area (Å²) in [6, 6.07) is 18.8. The van der Waals surface area contributed by atoms with E-state index < -0.39 is 17.8 Å². The number of hydrogen-bond acceptors (Lipinski definition) is 7. The number of carbonyl (C=O) groups excluding carboxylic acids is 1. The molecule has 34 heavy (non-hydrogen) atoms. The molecule has 7 nitrogen and oxygen atoms in total. The maximum Gasteiger partial charge on any atom is 0.342 e. The number of carbonyl (C=O) groups is 1. The van der Waals surface area contributed by atoms with Crippen molar-refractivity contribution in [1.29, 1.82) is 0 Å². The third kappa shape index (κ3) is 5.65. The van der Waals surface area contributed by atoms with Gasteiger partial charge in [-0.05, 0) is 29.8 Å². The monoisotopic (exact) mass is 461 g/mol. The van der Waals surface area contributed by atoms with Gasteiger partial charge in [-0.3, -0.25) is 4.98 Å². The summed E-state index contributed by atoms with van der Waals surface area (Å²) in [7, 11) is 1.55. The van der Waals surface area contributed by atoms with E-state index in [-0.39, 0.29) is 24.5 Å². The lowest BCUT2D eigenvalue weighted by Gasteiger charge is -2.17. The van der Waals surface area contributed by atoms with Gasteiger partial charge in [0.1, 0.15) is 30.3 Å². The van der Waals surface area contributed by atoms with E-state index in [1.807, 2.05) is 42.5 Å². The number of methoxy groups -OCH3 is 1. The first kappa shape index (κ1) is 23.1. The summed E-state index contributed by atoms with van der Waals surface area (Å²) in [5, 5.41) is 0.304. The topological polar surface area (TPSA) is 96.6 Å². The molecule has 2 aromatic carbocycles. The van der Waals surface area contributed by atoms with Crippen molar-refractivity contribution in [1.82, 2.24) is 9.97 Å². The third-order valence-corrected chi connectivity index (χ3v) is 5.12. The molecule has 0 radical (unpaired) electrons. The van der Waals surface area contributed by atoms with E-state index >= 15 is 0 Å². The number of nitrogens with zero attached hydrogens (tertiary/aromatic N) is 2. The summed E-state index contributed by atoms with van der Waals surface area (Å²) < 4.78 is 30.6. The van der Waals surface area contributed by atoms with E-state index in [4.69, 9.17) is 19.9 Å². The van der Waals surface area contributed by atoms with Gasteiger partial charge >= 0.3 is 5.97 Å². The lowest BCUT2D eigenvalue weighted by molar-refractivity contribution is 0.0470. The second-order valence-corrected chi connectivity index (χ2v) is 7.67. The predicted octanol–water partition coefficient (Wildman–Crippen LogP) is 4.08. The summed E-state index contributed by atoms with van der Waals surface area (Å²) >= 11 is 0. The van der Waals surface area contributed by atoms with Gasteiger partial charge in [0.2, 0.25) is 5.88 Å². The molecule has 0 amide bonds. The molecule has 0 aliphatic heterocycles. The number of halogens is 1.